The second-order valence-corrected chi connectivity index (χ2v) is 6.53. The van der Waals surface area contributed by atoms with Crippen molar-refractivity contribution < 1.29 is 9.47 Å². The molecular weight excluding hydrogens is 322 g/mol. The van der Waals surface area contributed by atoms with Gasteiger partial charge in [-0.25, -0.2) is 9.97 Å². The summed E-state index contributed by atoms with van der Waals surface area (Å²) in [4.78, 5) is 8.88. The molecule has 118 valence electrons. The van der Waals surface area contributed by atoms with E-state index in [9.17, 15) is 0 Å². The minimum absolute atomic E-state index is 0.574. The zero-order valence-corrected chi connectivity index (χ0v) is 13.5. The molecule has 1 aliphatic heterocycles. The first-order valence-corrected chi connectivity index (χ1v) is 8.49. The number of hydrogen-bond acceptors (Lipinski definition) is 6. The van der Waals surface area contributed by atoms with E-state index in [-0.39, 0.29) is 0 Å². The van der Waals surface area contributed by atoms with Crippen LogP contribution in [0.3, 0.4) is 0 Å². The highest BCUT2D eigenvalue weighted by Crippen LogP contribution is 2.38. The topological polar surface area (TPSA) is 56.3 Å². The quantitative estimate of drug-likeness (QED) is 0.590. The lowest BCUT2D eigenvalue weighted by atomic mass is 10.2. The Balaban J connectivity index is 1.59. The molecule has 5 nitrogen and oxygen atoms in total. The van der Waals surface area contributed by atoms with Crippen LogP contribution in [0.25, 0.3) is 20.3 Å². The van der Waals surface area contributed by atoms with Crippen molar-refractivity contribution in [3.8, 4) is 11.5 Å². The lowest BCUT2D eigenvalue weighted by Crippen LogP contribution is -2.15. The number of hydrogen-bond donors (Lipinski definition) is 1. The molecule has 5 rings (SSSR count). The Labute approximate surface area is 141 Å². The van der Waals surface area contributed by atoms with Crippen molar-refractivity contribution in [2.75, 3.05) is 18.5 Å². The Bertz CT molecular complexity index is 1060. The molecule has 1 N–H and O–H groups in total. The highest BCUT2D eigenvalue weighted by molar-refractivity contribution is 7.26. The predicted octanol–water partition coefficient (Wildman–Crippen LogP) is 4.36. The number of nitrogens with zero attached hydrogens (tertiary/aromatic N) is 2. The van der Waals surface area contributed by atoms with Gasteiger partial charge in [-0.15, -0.1) is 11.3 Å². The van der Waals surface area contributed by atoms with Crippen LogP contribution in [0.15, 0.2) is 48.8 Å². The maximum absolute atomic E-state index is 5.64. The Morgan fingerprint density at radius 2 is 1.83 bits per heavy atom. The molecule has 6 heteroatoms. The molecule has 0 amide bonds. The van der Waals surface area contributed by atoms with Gasteiger partial charge in [0.05, 0.1) is 10.2 Å². The number of benzene rings is 2. The van der Waals surface area contributed by atoms with Crippen molar-refractivity contribution in [3.63, 3.8) is 0 Å². The van der Waals surface area contributed by atoms with Gasteiger partial charge in [0.25, 0.3) is 0 Å². The average molecular weight is 335 g/mol. The SMILES string of the molecule is c1ccc2c(c1)sc1c(Nc3ccc4c(c3)OCCO4)ncnc12. The predicted molar refractivity (Wildman–Crippen MR) is 95.6 cm³/mol. The number of nitrogens with one attached hydrogen (secondary N) is 1. The van der Waals surface area contributed by atoms with E-state index in [1.807, 2.05) is 30.3 Å². The molecule has 0 aliphatic carbocycles. The molecule has 3 heterocycles. The van der Waals surface area contributed by atoms with Gasteiger partial charge in [-0.1, -0.05) is 18.2 Å². The minimum Gasteiger partial charge on any atom is -0.486 e. The van der Waals surface area contributed by atoms with Crippen LogP contribution in [0.2, 0.25) is 0 Å². The molecule has 0 saturated carbocycles. The van der Waals surface area contributed by atoms with Crippen molar-refractivity contribution in [2.45, 2.75) is 0 Å². The van der Waals surface area contributed by atoms with Crippen LogP contribution in [0.1, 0.15) is 0 Å². The Morgan fingerprint density at radius 1 is 0.958 bits per heavy atom. The highest BCUT2D eigenvalue weighted by Gasteiger charge is 2.14. The maximum Gasteiger partial charge on any atom is 0.163 e. The third kappa shape index (κ3) is 2.15. The molecule has 0 saturated heterocycles. The lowest BCUT2D eigenvalue weighted by Gasteiger charge is -2.19. The van der Waals surface area contributed by atoms with E-state index in [1.165, 1.54) is 4.70 Å². The van der Waals surface area contributed by atoms with Gasteiger partial charge in [0.15, 0.2) is 17.3 Å². The van der Waals surface area contributed by atoms with Crippen molar-refractivity contribution in [3.05, 3.63) is 48.8 Å². The second kappa shape index (κ2) is 5.35. The van der Waals surface area contributed by atoms with Gasteiger partial charge in [-0.05, 0) is 18.2 Å². The van der Waals surface area contributed by atoms with E-state index in [4.69, 9.17) is 9.47 Å². The van der Waals surface area contributed by atoms with Crippen LogP contribution < -0.4 is 14.8 Å². The smallest absolute Gasteiger partial charge is 0.163 e. The molecular formula is C18H13N3O2S. The third-order valence-corrected chi connectivity index (χ3v) is 5.13. The summed E-state index contributed by atoms with van der Waals surface area (Å²) < 4.78 is 13.5. The monoisotopic (exact) mass is 335 g/mol. The van der Waals surface area contributed by atoms with E-state index < -0.39 is 0 Å². The Kier molecular flexibility index (Phi) is 3.02. The van der Waals surface area contributed by atoms with E-state index in [1.54, 1.807) is 17.7 Å². The lowest BCUT2D eigenvalue weighted by molar-refractivity contribution is 0.171. The van der Waals surface area contributed by atoms with Gasteiger partial charge in [-0.2, -0.15) is 0 Å². The molecule has 0 bridgehead atoms. The van der Waals surface area contributed by atoms with E-state index >= 15 is 0 Å². The van der Waals surface area contributed by atoms with Crippen LogP contribution in [0.4, 0.5) is 11.5 Å². The van der Waals surface area contributed by atoms with Crippen molar-refractivity contribution >= 4 is 43.1 Å². The van der Waals surface area contributed by atoms with Crippen LogP contribution in [-0.2, 0) is 0 Å². The summed E-state index contributed by atoms with van der Waals surface area (Å²) in [5, 5.41) is 4.54. The summed E-state index contributed by atoms with van der Waals surface area (Å²) in [5.41, 5.74) is 1.89. The van der Waals surface area contributed by atoms with Gasteiger partial charge in [0.1, 0.15) is 19.5 Å². The molecule has 1 aliphatic rings. The number of rotatable bonds is 2. The first-order chi connectivity index (χ1) is 11.9. The van der Waals surface area contributed by atoms with Gasteiger partial charge in [0.2, 0.25) is 0 Å². The van der Waals surface area contributed by atoms with E-state index in [2.05, 4.69) is 27.4 Å². The van der Waals surface area contributed by atoms with Crippen molar-refractivity contribution in [1.29, 1.82) is 0 Å². The Hall–Kier alpha value is -2.86. The fourth-order valence-electron chi connectivity index (χ4n) is 2.87. The largest absolute Gasteiger partial charge is 0.486 e. The number of aromatic nitrogens is 2. The Morgan fingerprint density at radius 3 is 2.79 bits per heavy atom. The first-order valence-electron chi connectivity index (χ1n) is 7.67. The number of ether oxygens (including phenoxy) is 2. The summed E-state index contributed by atoms with van der Waals surface area (Å²) in [6.07, 6.45) is 1.60. The molecule has 0 radical (unpaired) electrons. The fourth-order valence-corrected chi connectivity index (χ4v) is 3.97. The molecule has 24 heavy (non-hydrogen) atoms. The number of anilines is 2. The van der Waals surface area contributed by atoms with E-state index in [0.29, 0.717) is 13.2 Å². The van der Waals surface area contributed by atoms with Gasteiger partial charge in [-0.3, -0.25) is 0 Å². The maximum atomic E-state index is 5.64. The zero-order valence-electron chi connectivity index (χ0n) is 12.7. The third-order valence-electron chi connectivity index (χ3n) is 3.96. The molecule has 0 fully saturated rings. The average Bonchev–Trinajstić information content (AvgIpc) is 3.02. The number of thiophene rings is 1. The van der Waals surface area contributed by atoms with Crippen LogP contribution in [0.5, 0.6) is 11.5 Å². The van der Waals surface area contributed by atoms with Crippen molar-refractivity contribution in [1.82, 2.24) is 9.97 Å². The number of fused-ring (bicyclic) bond motifs is 4. The van der Waals surface area contributed by atoms with Crippen LogP contribution in [-0.4, -0.2) is 23.2 Å². The molecule has 0 unspecified atom stereocenters. The second-order valence-electron chi connectivity index (χ2n) is 5.48. The fraction of sp³-hybridized carbons (Fsp3) is 0.111. The standard InChI is InChI=1S/C18H13N3O2S/c1-2-4-15-12(3-1)16-17(24-15)18(20-10-19-16)21-11-5-6-13-14(9-11)23-8-7-22-13/h1-6,9-10H,7-8H2,(H,19,20,21). The molecule has 0 spiro atoms. The normalized spacial score (nSPS) is 13.3. The minimum atomic E-state index is 0.574. The zero-order chi connectivity index (χ0) is 15.9. The summed E-state index contributed by atoms with van der Waals surface area (Å²) in [7, 11) is 0. The molecule has 2 aromatic heterocycles. The summed E-state index contributed by atoms with van der Waals surface area (Å²) in [6, 6.07) is 14.1. The van der Waals surface area contributed by atoms with E-state index in [0.717, 1.165) is 38.6 Å². The molecule has 4 aromatic rings. The van der Waals surface area contributed by atoms with Gasteiger partial charge in [0, 0.05) is 21.8 Å². The van der Waals surface area contributed by atoms with Gasteiger partial charge < -0.3 is 14.8 Å². The van der Waals surface area contributed by atoms with Crippen LogP contribution in [0, 0.1) is 0 Å². The first kappa shape index (κ1) is 13.6. The highest BCUT2D eigenvalue weighted by atomic mass is 32.1. The van der Waals surface area contributed by atoms with Crippen LogP contribution >= 0.6 is 11.3 Å². The van der Waals surface area contributed by atoms with Crippen molar-refractivity contribution in [2.24, 2.45) is 0 Å². The van der Waals surface area contributed by atoms with Gasteiger partial charge >= 0.3 is 0 Å². The molecule has 0 atom stereocenters. The summed E-state index contributed by atoms with van der Waals surface area (Å²) in [6.45, 7) is 1.17. The summed E-state index contributed by atoms with van der Waals surface area (Å²) in [5.74, 6) is 2.34. The summed E-state index contributed by atoms with van der Waals surface area (Å²) >= 11 is 1.69. The molecule has 2 aromatic carbocycles.